The number of aromatic nitrogens is 1. The minimum atomic E-state index is -0.107. The SMILES string of the molecule is Cl.ClC(c1ccccc1)c1cccnc1. The van der Waals surface area contributed by atoms with Gasteiger partial charge in [0.1, 0.15) is 0 Å². The summed E-state index contributed by atoms with van der Waals surface area (Å²) in [5.74, 6) is 0. The first kappa shape index (κ1) is 12.0. The van der Waals surface area contributed by atoms with E-state index in [1.807, 2.05) is 42.5 Å². The molecule has 0 aliphatic carbocycles. The molecule has 15 heavy (non-hydrogen) atoms. The molecule has 0 spiro atoms. The summed E-state index contributed by atoms with van der Waals surface area (Å²) in [5, 5.41) is -0.107. The van der Waals surface area contributed by atoms with Crippen LogP contribution in [0.25, 0.3) is 0 Å². The van der Waals surface area contributed by atoms with E-state index in [1.165, 1.54) is 0 Å². The fourth-order valence-corrected chi connectivity index (χ4v) is 1.61. The quantitative estimate of drug-likeness (QED) is 0.727. The third kappa shape index (κ3) is 2.95. The molecule has 0 fully saturated rings. The molecule has 1 aromatic heterocycles. The van der Waals surface area contributed by atoms with Crippen LogP contribution < -0.4 is 0 Å². The van der Waals surface area contributed by atoms with Crippen molar-refractivity contribution < 1.29 is 0 Å². The van der Waals surface area contributed by atoms with Gasteiger partial charge in [-0.05, 0) is 17.2 Å². The van der Waals surface area contributed by atoms with Crippen LogP contribution in [0.5, 0.6) is 0 Å². The molecular formula is C12H11Cl2N. The second kappa shape index (κ2) is 5.74. The van der Waals surface area contributed by atoms with Crippen molar-refractivity contribution in [3.63, 3.8) is 0 Å². The van der Waals surface area contributed by atoms with E-state index in [4.69, 9.17) is 11.6 Å². The lowest BCUT2D eigenvalue weighted by atomic mass is 10.1. The van der Waals surface area contributed by atoms with Gasteiger partial charge in [0.2, 0.25) is 0 Å². The van der Waals surface area contributed by atoms with Gasteiger partial charge in [-0.25, -0.2) is 0 Å². The van der Waals surface area contributed by atoms with Crippen LogP contribution >= 0.6 is 24.0 Å². The van der Waals surface area contributed by atoms with Crippen LogP contribution in [-0.4, -0.2) is 4.98 Å². The highest BCUT2D eigenvalue weighted by Crippen LogP contribution is 2.27. The van der Waals surface area contributed by atoms with E-state index >= 15 is 0 Å². The van der Waals surface area contributed by atoms with Crippen LogP contribution in [0.1, 0.15) is 16.5 Å². The lowest BCUT2D eigenvalue weighted by Gasteiger charge is -2.08. The van der Waals surface area contributed by atoms with Crippen molar-refractivity contribution in [1.29, 1.82) is 0 Å². The molecule has 1 aromatic carbocycles. The highest BCUT2D eigenvalue weighted by molar-refractivity contribution is 6.22. The van der Waals surface area contributed by atoms with Crippen molar-refractivity contribution in [2.24, 2.45) is 0 Å². The van der Waals surface area contributed by atoms with E-state index in [1.54, 1.807) is 12.4 Å². The molecule has 0 aliphatic heterocycles. The molecule has 0 aliphatic rings. The number of pyridine rings is 1. The average molecular weight is 240 g/mol. The monoisotopic (exact) mass is 239 g/mol. The summed E-state index contributed by atoms with van der Waals surface area (Å²) in [5.41, 5.74) is 2.13. The summed E-state index contributed by atoms with van der Waals surface area (Å²) in [6, 6.07) is 13.9. The van der Waals surface area contributed by atoms with Crippen molar-refractivity contribution in [3.05, 3.63) is 66.0 Å². The zero-order valence-corrected chi connectivity index (χ0v) is 9.58. The summed E-state index contributed by atoms with van der Waals surface area (Å²) < 4.78 is 0. The first-order valence-electron chi connectivity index (χ1n) is 4.47. The Morgan fingerprint density at radius 1 is 0.933 bits per heavy atom. The van der Waals surface area contributed by atoms with Gasteiger partial charge in [-0.3, -0.25) is 4.98 Å². The number of hydrogen-bond acceptors (Lipinski definition) is 1. The molecule has 0 saturated heterocycles. The van der Waals surface area contributed by atoms with E-state index < -0.39 is 0 Å². The molecule has 0 radical (unpaired) electrons. The fourth-order valence-electron chi connectivity index (χ4n) is 1.34. The Morgan fingerprint density at radius 2 is 1.60 bits per heavy atom. The van der Waals surface area contributed by atoms with E-state index in [0.29, 0.717) is 0 Å². The van der Waals surface area contributed by atoms with Gasteiger partial charge < -0.3 is 0 Å². The largest absolute Gasteiger partial charge is 0.264 e. The van der Waals surface area contributed by atoms with E-state index in [0.717, 1.165) is 11.1 Å². The second-order valence-corrected chi connectivity index (χ2v) is 3.50. The van der Waals surface area contributed by atoms with E-state index in [2.05, 4.69) is 4.98 Å². The van der Waals surface area contributed by atoms with Crippen LogP contribution in [-0.2, 0) is 0 Å². The molecule has 1 unspecified atom stereocenters. The summed E-state index contributed by atoms with van der Waals surface area (Å²) in [6.45, 7) is 0. The Bertz CT molecular complexity index is 349. The number of nitrogens with zero attached hydrogens (tertiary/aromatic N) is 1. The van der Waals surface area contributed by atoms with Gasteiger partial charge in [0.05, 0.1) is 5.38 Å². The van der Waals surface area contributed by atoms with Gasteiger partial charge in [0, 0.05) is 12.4 Å². The third-order valence-electron chi connectivity index (χ3n) is 2.07. The standard InChI is InChI=1S/C12H10ClN.ClH/c13-12(10-5-2-1-3-6-10)11-7-4-8-14-9-11;/h1-9,12H;1H. The smallest absolute Gasteiger partial charge is 0.0850 e. The van der Waals surface area contributed by atoms with Gasteiger partial charge >= 0.3 is 0 Å². The summed E-state index contributed by atoms with van der Waals surface area (Å²) in [4.78, 5) is 4.05. The van der Waals surface area contributed by atoms with Gasteiger partial charge in [0.15, 0.2) is 0 Å². The lowest BCUT2D eigenvalue weighted by molar-refractivity contribution is 1.11. The minimum Gasteiger partial charge on any atom is -0.264 e. The summed E-state index contributed by atoms with van der Waals surface area (Å²) in [6.07, 6.45) is 3.54. The molecule has 2 aromatic rings. The zero-order chi connectivity index (χ0) is 9.80. The van der Waals surface area contributed by atoms with Crippen molar-refractivity contribution in [1.82, 2.24) is 4.98 Å². The molecule has 0 amide bonds. The summed E-state index contributed by atoms with van der Waals surface area (Å²) >= 11 is 6.29. The third-order valence-corrected chi connectivity index (χ3v) is 2.57. The molecule has 1 heterocycles. The molecule has 3 heteroatoms. The van der Waals surface area contributed by atoms with Crippen LogP contribution in [0.2, 0.25) is 0 Å². The van der Waals surface area contributed by atoms with Gasteiger partial charge in [-0.15, -0.1) is 24.0 Å². The molecule has 2 rings (SSSR count). The molecule has 0 N–H and O–H groups in total. The average Bonchev–Trinajstić information content (AvgIpc) is 2.30. The number of benzene rings is 1. The van der Waals surface area contributed by atoms with Gasteiger partial charge in [0.25, 0.3) is 0 Å². The number of halogens is 2. The maximum atomic E-state index is 6.29. The maximum Gasteiger partial charge on any atom is 0.0850 e. The Hall–Kier alpha value is -1.05. The van der Waals surface area contributed by atoms with Crippen LogP contribution in [0, 0.1) is 0 Å². The summed E-state index contributed by atoms with van der Waals surface area (Å²) in [7, 11) is 0. The predicted molar refractivity (Wildman–Crippen MR) is 65.6 cm³/mol. The van der Waals surface area contributed by atoms with Crippen molar-refractivity contribution in [2.75, 3.05) is 0 Å². The highest BCUT2D eigenvalue weighted by atomic mass is 35.5. The Labute approximate surface area is 101 Å². The first-order valence-corrected chi connectivity index (χ1v) is 4.90. The Kier molecular flexibility index (Phi) is 4.60. The van der Waals surface area contributed by atoms with Crippen molar-refractivity contribution in [3.8, 4) is 0 Å². The molecule has 0 saturated carbocycles. The first-order chi connectivity index (χ1) is 6.88. The molecule has 0 bridgehead atoms. The topological polar surface area (TPSA) is 12.9 Å². The molecule has 1 nitrogen and oxygen atoms in total. The Morgan fingerprint density at radius 3 is 2.20 bits per heavy atom. The minimum absolute atomic E-state index is 0. The second-order valence-electron chi connectivity index (χ2n) is 3.06. The van der Waals surface area contributed by atoms with Crippen LogP contribution in [0.15, 0.2) is 54.9 Å². The van der Waals surface area contributed by atoms with Gasteiger partial charge in [-0.1, -0.05) is 36.4 Å². The van der Waals surface area contributed by atoms with Gasteiger partial charge in [-0.2, -0.15) is 0 Å². The zero-order valence-electron chi connectivity index (χ0n) is 8.01. The number of hydrogen-bond donors (Lipinski definition) is 0. The number of rotatable bonds is 2. The lowest BCUT2D eigenvalue weighted by Crippen LogP contribution is -1.92. The number of alkyl halides is 1. The van der Waals surface area contributed by atoms with Crippen LogP contribution in [0.4, 0.5) is 0 Å². The maximum absolute atomic E-state index is 6.29. The van der Waals surface area contributed by atoms with E-state index in [9.17, 15) is 0 Å². The predicted octanol–water partition coefficient (Wildman–Crippen LogP) is 3.83. The molecule has 1 atom stereocenters. The van der Waals surface area contributed by atoms with Crippen molar-refractivity contribution in [2.45, 2.75) is 5.38 Å². The normalized spacial score (nSPS) is 11.5. The molecular weight excluding hydrogens is 229 g/mol. The fraction of sp³-hybridized carbons (Fsp3) is 0.0833. The van der Waals surface area contributed by atoms with E-state index in [-0.39, 0.29) is 17.8 Å². The molecule has 78 valence electrons. The van der Waals surface area contributed by atoms with Crippen molar-refractivity contribution >= 4 is 24.0 Å². The van der Waals surface area contributed by atoms with Crippen LogP contribution in [0.3, 0.4) is 0 Å². The highest BCUT2D eigenvalue weighted by Gasteiger charge is 2.08. The Balaban J connectivity index is 0.00000112.